The zero-order valence-electron chi connectivity index (χ0n) is 21.0. The van der Waals surface area contributed by atoms with Crippen molar-refractivity contribution in [1.82, 2.24) is 5.32 Å². The number of benzene rings is 1. The Kier molecular flexibility index (Phi) is 7.39. The molecule has 1 aromatic carbocycles. The molecule has 0 saturated carbocycles. The van der Waals surface area contributed by atoms with Gasteiger partial charge in [0.25, 0.3) is 5.91 Å². The fourth-order valence-corrected chi connectivity index (χ4v) is 5.85. The molecule has 0 bridgehead atoms. The zero-order valence-corrected chi connectivity index (χ0v) is 21.0. The summed E-state index contributed by atoms with van der Waals surface area (Å²) in [4.78, 5) is 13.6. The Balaban J connectivity index is 2.45. The van der Waals surface area contributed by atoms with Crippen LogP contribution < -0.4 is 5.32 Å². The first-order chi connectivity index (χ1) is 13.3. The van der Waals surface area contributed by atoms with E-state index < -0.39 is 0 Å². The topological polar surface area (TPSA) is 29.1 Å². The molecule has 1 amide bonds. The van der Waals surface area contributed by atoms with Gasteiger partial charge in [-0.05, 0) is 86.0 Å². The van der Waals surface area contributed by atoms with Crippen molar-refractivity contribution in [2.24, 2.45) is 17.8 Å². The number of hydrogen-bond acceptors (Lipinski definition) is 1. The van der Waals surface area contributed by atoms with Gasteiger partial charge in [-0.1, -0.05) is 59.9 Å². The normalized spacial score (nSPS) is 30.8. The number of amides is 1. The second kappa shape index (κ2) is 8.90. The lowest BCUT2D eigenvalue weighted by atomic mass is 9.17. The minimum absolute atomic E-state index is 0.114. The molecule has 1 fully saturated rings. The van der Waals surface area contributed by atoms with Gasteiger partial charge in [-0.3, -0.25) is 4.79 Å². The Bertz CT molecular complexity index is 724. The van der Waals surface area contributed by atoms with Crippen molar-refractivity contribution in [2.45, 2.75) is 100 Å². The van der Waals surface area contributed by atoms with Crippen molar-refractivity contribution in [2.75, 3.05) is 0 Å². The molecule has 4 unspecified atom stereocenters. The predicted molar refractivity (Wildman–Crippen MR) is 131 cm³/mol. The van der Waals surface area contributed by atoms with Crippen molar-refractivity contribution in [1.29, 1.82) is 0 Å². The first-order valence-corrected chi connectivity index (χ1v) is 11.7. The molecule has 1 N–H and O–H groups in total. The van der Waals surface area contributed by atoms with Gasteiger partial charge in [-0.25, -0.2) is 0 Å². The third kappa shape index (κ3) is 4.19. The summed E-state index contributed by atoms with van der Waals surface area (Å²) in [5.74, 6) is 3.48. The van der Waals surface area contributed by atoms with Gasteiger partial charge in [0.2, 0.25) is 0 Å². The first kappa shape index (κ1) is 24.1. The van der Waals surface area contributed by atoms with E-state index in [-0.39, 0.29) is 11.7 Å². The van der Waals surface area contributed by atoms with Gasteiger partial charge in [0.15, 0.2) is 13.4 Å². The highest BCUT2D eigenvalue weighted by Crippen LogP contribution is 2.42. The second-order valence-corrected chi connectivity index (χ2v) is 10.5. The van der Waals surface area contributed by atoms with Crippen LogP contribution >= 0.6 is 0 Å². The minimum atomic E-state index is 0.114. The summed E-state index contributed by atoms with van der Waals surface area (Å²) in [6.07, 6.45) is 0. The van der Waals surface area contributed by atoms with Gasteiger partial charge in [0.05, 0.1) is 0 Å². The van der Waals surface area contributed by atoms with Gasteiger partial charge in [-0.2, -0.15) is 0 Å². The number of carbonyl (C=O) groups is 1. The van der Waals surface area contributed by atoms with Crippen LogP contribution in [-0.4, -0.2) is 25.2 Å². The summed E-state index contributed by atoms with van der Waals surface area (Å²) in [5.41, 5.74) is 6.95. The molecule has 160 valence electrons. The summed E-state index contributed by atoms with van der Waals surface area (Å²) >= 11 is 0. The van der Waals surface area contributed by atoms with E-state index in [0.29, 0.717) is 42.8 Å². The molecule has 1 saturated heterocycles. The Morgan fingerprint density at radius 1 is 0.655 bits per heavy atom. The smallest absolute Gasteiger partial charge is 0.250 e. The Hall–Kier alpha value is -1.18. The highest BCUT2D eigenvalue weighted by atomic mass is 16.1. The maximum absolute atomic E-state index is 13.6. The maximum atomic E-state index is 13.6. The third-order valence-corrected chi connectivity index (χ3v) is 9.63. The van der Waals surface area contributed by atoms with Crippen molar-refractivity contribution in [3.8, 4) is 0 Å². The van der Waals surface area contributed by atoms with E-state index >= 15 is 0 Å². The van der Waals surface area contributed by atoms with Crippen LogP contribution in [0.5, 0.6) is 0 Å². The highest BCUT2D eigenvalue weighted by molar-refractivity contribution is 6.80. The van der Waals surface area contributed by atoms with Gasteiger partial charge in [-0.15, -0.1) is 0 Å². The van der Waals surface area contributed by atoms with E-state index in [0.717, 1.165) is 16.7 Å². The molecule has 0 aromatic heterocycles. The molecule has 0 spiro atoms. The molecule has 2 nitrogen and oxygen atoms in total. The maximum Gasteiger partial charge on any atom is 0.250 e. The first-order valence-electron chi connectivity index (χ1n) is 11.7. The Morgan fingerprint density at radius 3 is 1.38 bits per heavy atom. The summed E-state index contributed by atoms with van der Waals surface area (Å²) < 4.78 is 0. The molecule has 1 aromatic rings. The minimum Gasteiger partial charge on any atom is -0.364 e. The van der Waals surface area contributed by atoms with E-state index in [1.165, 1.54) is 16.7 Å². The second-order valence-electron chi connectivity index (χ2n) is 10.5. The molecular formula is C25H43B2NO. The van der Waals surface area contributed by atoms with Crippen molar-refractivity contribution >= 4 is 19.3 Å². The molecule has 4 atom stereocenters. The molecule has 29 heavy (non-hydrogen) atoms. The van der Waals surface area contributed by atoms with Crippen LogP contribution in [0, 0.1) is 52.4 Å². The Labute approximate surface area is 181 Å². The Morgan fingerprint density at radius 2 is 1.00 bits per heavy atom. The van der Waals surface area contributed by atoms with Crippen molar-refractivity contribution in [3.63, 3.8) is 0 Å². The SMILES string of the molecule is CB1C(NC(=O)c2c(C)c(C)c(C)c(C)c2C)B(C)C(C)C(C)C(C)C(C)C1C. The summed E-state index contributed by atoms with van der Waals surface area (Å²) in [5, 5.41) is 3.54. The fraction of sp³-hybridized carbons (Fsp3) is 0.720. The average Bonchev–Trinajstić information content (AvgIpc) is 2.70. The molecule has 1 aliphatic rings. The lowest BCUT2D eigenvalue weighted by Gasteiger charge is -2.45. The molecular weight excluding hydrogens is 352 g/mol. The third-order valence-electron chi connectivity index (χ3n) is 9.63. The van der Waals surface area contributed by atoms with E-state index in [1.54, 1.807) is 0 Å². The standard InChI is InChI=1S/C25H43B2NO/c1-13-14(2)19(7)23(20(8)15(13)3)24(29)28-25-26(11)21(9)17(5)16(4)18(6)22(10)27(25)12/h16-18,21-22,25H,1-12H3,(H,28,29). The fourth-order valence-electron chi connectivity index (χ4n) is 5.85. The monoisotopic (exact) mass is 395 g/mol. The van der Waals surface area contributed by atoms with Crippen LogP contribution in [-0.2, 0) is 0 Å². The molecule has 2 rings (SSSR count). The summed E-state index contributed by atoms with van der Waals surface area (Å²) in [6.45, 7) is 28.3. The molecule has 1 heterocycles. The number of hydrogen-bond donors (Lipinski definition) is 1. The van der Waals surface area contributed by atoms with Crippen molar-refractivity contribution in [3.05, 3.63) is 33.4 Å². The van der Waals surface area contributed by atoms with Crippen LogP contribution in [0.15, 0.2) is 0 Å². The summed E-state index contributed by atoms with van der Waals surface area (Å²) in [7, 11) is 0. The number of rotatable bonds is 2. The molecule has 4 heteroatoms. The predicted octanol–water partition coefficient (Wildman–Crippen LogP) is 6.36. The average molecular weight is 395 g/mol. The number of carbonyl (C=O) groups excluding carboxylic acids is 1. The van der Waals surface area contributed by atoms with Gasteiger partial charge in [0, 0.05) is 5.56 Å². The quantitative estimate of drug-likeness (QED) is 0.581. The summed E-state index contributed by atoms with van der Waals surface area (Å²) in [6, 6.07) is 0. The van der Waals surface area contributed by atoms with Crippen LogP contribution in [0.3, 0.4) is 0 Å². The van der Waals surface area contributed by atoms with Crippen LogP contribution in [0.25, 0.3) is 0 Å². The van der Waals surface area contributed by atoms with Crippen molar-refractivity contribution < 1.29 is 4.79 Å². The van der Waals surface area contributed by atoms with Crippen LogP contribution in [0.2, 0.25) is 25.3 Å². The van der Waals surface area contributed by atoms with Crippen LogP contribution in [0.4, 0.5) is 0 Å². The molecule has 0 radical (unpaired) electrons. The lowest BCUT2D eigenvalue weighted by molar-refractivity contribution is 0.0952. The molecule has 1 aliphatic heterocycles. The van der Waals surface area contributed by atoms with Gasteiger partial charge >= 0.3 is 0 Å². The van der Waals surface area contributed by atoms with E-state index in [4.69, 9.17) is 0 Å². The lowest BCUT2D eigenvalue weighted by Crippen LogP contribution is -2.59. The number of nitrogens with one attached hydrogen (secondary N) is 1. The largest absolute Gasteiger partial charge is 0.364 e. The van der Waals surface area contributed by atoms with E-state index in [9.17, 15) is 4.79 Å². The van der Waals surface area contributed by atoms with E-state index in [2.05, 4.69) is 88.2 Å². The van der Waals surface area contributed by atoms with Crippen LogP contribution in [0.1, 0.15) is 72.8 Å². The highest BCUT2D eigenvalue weighted by Gasteiger charge is 2.44. The van der Waals surface area contributed by atoms with E-state index in [1.807, 2.05) is 0 Å². The van der Waals surface area contributed by atoms with Gasteiger partial charge in [0.1, 0.15) is 0 Å². The zero-order chi connectivity index (χ0) is 22.4. The molecule has 0 aliphatic carbocycles. The van der Waals surface area contributed by atoms with Gasteiger partial charge < -0.3 is 5.32 Å².